The molecular weight excluding hydrogens is 311 g/mol. The Morgan fingerprint density at radius 1 is 1.41 bits per heavy atom. The molecule has 0 spiro atoms. The Morgan fingerprint density at radius 3 is 2.35 bits per heavy atom. The second-order valence-corrected chi connectivity index (χ2v) is 3.53. The molecule has 92 valence electrons. The van der Waals surface area contributed by atoms with Crippen LogP contribution in [-0.4, -0.2) is 4.98 Å². The van der Waals surface area contributed by atoms with Crippen LogP contribution in [0, 0.1) is 11.3 Å². The topological polar surface area (TPSA) is 36.7 Å². The number of nitriles is 1. The molecule has 1 aromatic rings. The Balaban J connectivity index is 3.56. The van der Waals surface area contributed by atoms with Crippen LogP contribution in [0.4, 0.5) is 22.0 Å². The molecule has 0 radical (unpaired) electrons. The molecule has 0 aliphatic rings. The van der Waals surface area contributed by atoms with Crippen molar-refractivity contribution in [3.63, 3.8) is 0 Å². The highest BCUT2D eigenvalue weighted by Crippen LogP contribution is 2.34. The minimum atomic E-state index is -4.88. The molecule has 0 saturated heterocycles. The van der Waals surface area contributed by atoms with E-state index in [1.165, 1.54) is 6.07 Å². The van der Waals surface area contributed by atoms with Gasteiger partial charge in [-0.05, 0) is 6.07 Å². The fraction of sp³-hybridized carbons (Fsp3) is 0.333. The van der Waals surface area contributed by atoms with Gasteiger partial charge in [0.15, 0.2) is 0 Å². The quantitative estimate of drug-likeness (QED) is 0.615. The molecule has 8 heteroatoms. The van der Waals surface area contributed by atoms with Gasteiger partial charge in [-0.15, -0.1) is 0 Å². The summed E-state index contributed by atoms with van der Waals surface area (Å²) in [6.07, 6.45) is -8.04. The van der Waals surface area contributed by atoms with Gasteiger partial charge in [0, 0.05) is 10.9 Å². The average molecular weight is 315 g/mol. The Bertz CT molecular complexity index is 464. The van der Waals surface area contributed by atoms with Gasteiger partial charge >= 0.3 is 6.18 Å². The van der Waals surface area contributed by atoms with Crippen molar-refractivity contribution in [1.82, 2.24) is 4.98 Å². The second-order valence-electron chi connectivity index (χ2n) is 2.97. The molecule has 0 aliphatic heterocycles. The molecule has 0 fully saturated rings. The molecule has 0 unspecified atom stereocenters. The normalized spacial score (nSPS) is 11.6. The van der Waals surface area contributed by atoms with Crippen molar-refractivity contribution < 1.29 is 22.0 Å². The lowest BCUT2D eigenvalue weighted by Crippen LogP contribution is -2.14. The third-order valence-electron chi connectivity index (χ3n) is 1.89. The van der Waals surface area contributed by atoms with E-state index in [1.54, 1.807) is 0 Å². The summed E-state index contributed by atoms with van der Waals surface area (Å²) in [6, 6.07) is 2.11. The highest BCUT2D eigenvalue weighted by Gasteiger charge is 2.37. The summed E-state index contributed by atoms with van der Waals surface area (Å²) in [7, 11) is 0. The molecule has 0 atom stereocenters. The molecule has 17 heavy (non-hydrogen) atoms. The molecule has 2 nitrogen and oxygen atoms in total. The predicted octanol–water partition coefficient (Wildman–Crippen LogP) is 3.80. The van der Waals surface area contributed by atoms with Crippen molar-refractivity contribution in [1.29, 1.82) is 5.26 Å². The van der Waals surface area contributed by atoms with E-state index in [4.69, 9.17) is 5.26 Å². The van der Waals surface area contributed by atoms with Gasteiger partial charge in [-0.3, -0.25) is 0 Å². The van der Waals surface area contributed by atoms with Gasteiger partial charge in [-0.2, -0.15) is 18.4 Å². The Morgan fingerprint density at radius 2 is 2.00 bits per heavy atom. The fourth-order valence-corrected chi connectivity index (χ4v) is 1.74. The molecule has 0 aliphatic carbocycles. The largest absolute Gasteiger partial charge is 0.433 e. The van der Waals surface area contributed by atoms with Crippen LogP contribution < -0.4 is 0 Å². The number of hydrogen-bond donors (Lipinski definition) is 0. The minimum absolute atomic E-state index is 0.290. The summed E-state index contributed by atoms with van der Waals surface area (Å²) in [6.45, 7) is 0. The van der Waals surface area contributed by atoms with Crippen molar-refractivity contribution in [2.45, 2.75) is 17.9 Å². The number of halogens is 6. The molecular formula is C9H4BrF5N2. The maximum absolute atomic E-state index is 12.6. The number of hydrogen-bond acceptors (Lipinski definition) is 2. The van der Waals surface area contributed by atoms with Crippen LogP contribution in [0.15, 0.2) is 6.07 Å². The summed E-state index contributed by atoms with van der Waals surface area (Å²) >= 11 is 2.78. The summed E-state index contributed by atoms with van der Waals surface area (Å²) in [5.41, 5.74) is -3.41. The molecule has 0 amide bonds. The standard InChI is InChI=1S/C9H4BrF5N2/c10-2-5-4(3-16)1-6(8(11)12)17-7(5)9(13,14)15/h1,8H,2H2. The van der Waals surface area contributed by atoms with Crippen molar-refractivity contribution in [2.75, 3.05) is 0 Å². The Labute approximate surface area is 101 Å². The number of rotatable bonds is 2. The third-order valence-corrected chi connectivity index (χ3v) is 2.45. The third kappa shape index (κ3) is 2.91. The van der Waals surface area contributed by atoms with Crippen molar-refractivity contribution >= 4 is 15.9 Å². The molecule has 1 heterocycles. The van der Waals surface area contributed by atoms with Crippen LogP contribution in [0.2, 0.25) is 0 Å². The highest BCUT2D eigenvalue weighted by molar-refractivity contribution is 9.08. The van der Waals surface area contributed by atoms with Crippen LogP contribution in [0.25, 0.3) is 0 Å². The first-order valence-electron chi connectivity index (χ1n) is 4.16. The molecule has 1 aromatic heterocycles. The Kier molecular flexibility index (Phi) is 4.03. The SMILES string of the molecule is N#Cc1cc(C(F)F)nc(C(F)(F)F)c1CBr. The van der Waals surface area contributed by atoms with E-state index >= 15 is 0 Å². The van der Waals surface area contributed by atoms with E-state index in [1.807, 2.05) is 0 Å². The first-order chi connectivity index (χ1) is 7.81. The van der Waals surface area contributed by atoms with Crippen LogP contribution in [0.1, 0.15) is 28.9 Å². The smallest absolute Gasteiger partial charge is 0.242 e. The molecule has 1 rings (SSSR count). The van der Waals surface area contributed by atoms with E-state index in [0.29, 0.717) is 6.07 Å². The summed E-state index contributed by atoms with van der Waals surface area (Å²) in [4.78, 5) is 2.87. The number of nitrogens with zero attached hydrogens (tertiary/aromatic N) is 2. The molecule has 0 aromatic carbocycles. The second kappa shape index (κ2) is 4.96. The first kappa shape index (κ1) is 13.8. The number of aromatic nitrogens is 1. The number of pyridine rings is 1. The maximum atomic E-state index is 12.6. The fourth-order valence-electron chi connectivity index (χ4n) is 1.17. The van der Waals surface area contributed by atoms with E-state index in [-0.39, 0.29) is 5.33 Å². The van der Waals surface area contributed by atoms with Gasteiger partial charge in [0.1, 0.15) is 11.4 Å². The summed E-state index contributed by atoms with van der Waals surface area (Å²) < 4.78 is 62.3. The van der Waals surface area contributed by atoms with Gasteiger partial charge in [0.25, 0.3) is 6.43 Å². The van der Waals surface area contributed by atoms with Crippen molar-refractivity contribution in [3.8, 4) is 6.07 Å². The molecule has 0 N–H and O–H groups in total. The minimum Gasteiger partial charge on any atom is -0.242 e. The van der Waals surface area contributed by atoms with Crippen LogP contribution in [-0.2, 0) is 11.5 Å². The van der Waals surface area contributed by atoms with Gasteiger partial charge in [0.2, 0.25) is 0 Å². The lowest BCUT2D eigenvalue weighted by atomic mass is 10.1. The lowest BCUT2D eigenvalue weighted by Gasteiger charge is -2.13. The average Bonchev–Trinajstić information content (AvgIpc) is 2.25. The van der Waals surface area contributed by atoms with Gasteiger partial charge in [-0.25, -0.2) is 13.8 Å². The Hall–Kier alpha value is -1.23. The molecule has 0 bridgehead atoms. The van der Waals surface area contributed by atoms with Crippen molar-refractivity contribution in [2.24, 2.45) is 0 Å². The van der Waals surface area contributed by atoms with E-state index in [0.717, 1.165) is 0 Å². The predicted molar refractivity (Wildman–Crippen MR) is 51.5 cm³/mol. The first-order valence-corrected chi connectivity index (χ1v) is 5.28. The van der Waals surface area contributed by atoms with E-state index in [9.17, 15) is 22.0 Å². The van der Waals surface area contributed by atoms with Gasteiger partial charge in [0.05, 0.1) is 11.6 Å². The monoisotopic (exact) mass is 314 g/mol. The van der Waals surface area contributed by atoms with Crippen LogP contribution in [0.5, 0.6) is 0 Å². The zero-order valence-electron chi connectivity index (χ0n) is 8.02. The summed E-state index contributed by atoms with van der Waals surface area (Å²) in [5, 5.41) is 8.34. The van der Waals surface area contributed by atoms with Gasteiger partial charge in [-0.1, -0.05) is 15.9 Å². The van der Waals surface area contributed by atoms with E-state index in [2.05, 4.69) is 20.9 Å². The van der Waals surface area contributed by atoms with E-state index < -0.39 is 35.1 Å². The lowest BCUT2D eigenvalue weighted by molar-refractivity contribution is -0.142. The maximum Gasteiger partial charge on any atom is 0.433 e. The van der Waals surface area contributed by atoms with Crippen molar-refractivity contribution in [3.05, 3.63) is 28.6 Å². The number of alkyl halides is 6. The highest BCUT2D eigenvalue weighted by atomic mass is 79.9. The van der Waals surface area contributed by atoms with Gasteiger partial charge < -0.3 is 0 Å². The summed E-state index contributed by atoms with van der Waals surface area (Å²) in [5.74, 6) is 0. The van der Waals surface area contributed by atoms with Crippen LogP contribution in [0.3, 0.4) is 0 Å². The zero-order chi connectivity index (χ0) is 13.2. The van der Waals surface area contributed by atoms with Crippen LogP contribution >= 0.6 is 15.9 Å². The zero-order valence-corrected chi connectivity index (χ0v) is 9.61. The molecule has 0 saturated carbocycles.